The molecule has 1 radical (unpaired) electrons. The SMILES string of the molecule is CCc1c[nH]c(-c2cc[c]cc2)n1. The third-order valence-corrected chi connectivity index (χ3v) is 1.98. The highest BCUT2D eigenvalue weighted by molar-refractivity contribution is 5.54. The van der Waals surface area contributed by atoms with E-state index >= 15 is 0 Å². The van der Waals surface area contributed by atoms with Gasteiger partial charge in [0.1, 0.15) is 5.82 Å². The standard InChI is InChI=1S/C11H11N2/c1-2-10-8-12-11(13-10)9-6-4-3-5-7-9/h4-8H,2H2,1H3,(H,12,13). The first-order valence-electron chi connectivity index (χ1n) is 4.41. The number of benzene rings is 1. The molecule has 2 aromatic rings. The Balaban J connectivity index is 2.36. The van der Waals surface area contributed by atoms with E-state index in [0.717, 1.165) is 23.5 Å². The van der Waals surface area contributed by atoms with Crippen LogP contribution in [0.3, 0.4) is 0 Å². The van der Waals surface area contributed by atoms with E-state index in [1.807, 2.05) is 30.5 Å². The maximum Gasteiger partial charge on any atom is 0.137 e. The molecule has 2 rings (SSSR count). The summed E-state index contributed by atoms with van der Waals surface area (Å²) < 4.78 is 0. The van der Waals surface area contributed by atoms with E-state index < -0.39 is 0 Å². The van der Waals surface area contributed by atoms with E-state index in [2.05, 4.69) is 23.0 Å². The molecule has 2 nitrogen and oxygen atoms in total. The molecule has 0 amide bonds. The van der Waals surface area contributed by atoms with Crippen molar-refractivity contribution in [2.45, 2.75) is 13.3 Å². The molecule has 2 heteroatoms. The molecule has 0 aliphatic heterocycles. The Morgan fingerprint density at radius 1 is 1.38 bits per heavy atom. The second-order valence-corrected chi connectivity index (χ2v) is 2.88. The minimum atomic E-state index is 0.936. The third kappa shape index (κ3) is 1.61. The molecule has 0 unspecified atom stereocenters. The number of imidazole rings is 1. The van der Waals surface area contributed by atoms with Crippen molar-refractivity contribution >= 4 is 0 Å². The normalized spacial score (nSPS) is 10.2. The zero-order chi connectivity index (χ0) is 9.10. The Morgan fingerprint density at radius 2 is 2.15 bits per heavy atom. The molecule has 1 N–H and O–H groups in total. The van der Waals surface area contributed by atoms with Gasteiger partial charge in [-0.05, 0) is 12.5 Å². The maximum atomic E-state index is 4.43. The fourth-order valence-corrected chi connectivity index (χ4v) is 1.23. The molecule has 0 fully saturated rings. The van der Waals surface area contributed by atoms with Crippen molar-refractivity contribution in [1.82, 2.24) is 9.97 Å². The number of nitrogens with one attached hydrogen (secondary N) is 1. The fraction of sp³-hybridized carbons (Fsp3) is 0.182. The molecule has 1 aromatic carbocycles. The summed E-state index contributed by atoms with van der Waals surface area (Å²) in [6.45, 7) is 2.10. The lowest BCUT2D eigenvalue weighted by atomic mass is 10.2. The van der Waals surface area contributed by atoms with Crippen molar-refractivity contribution in [3.8, 4) is 11.4 Å². The van der Waals surface area contributed by atoms with Gasteiger partial charge >= 0.3 is 0 Å². The van der Waals surface area contributed by atoms with E-state index in [0.29, 0.717) is 0 Å². The van der Waals surface area contributed by atoms with Crippen LogP contribution in [0.4, 0.5) is 0 Å². The van der Waals surface area contributed by atoms with Crippen LogP contribution in [0.15, 0.2) is 30.5 Å². The smallest absolute Gasteiger partial charge is 0.137 e. The summed E-state index contributed by atoms with van der Waals surface area (Å²) >= 11 is 0. The van der Waals surface area contributed by atoms with Gasteiger partial charge in [-0.1, -0.05) is 31.2 Å². The van der Waals surface area contributed by atoms with Gasteiger partial charge in [0.25, 0.3) is 0 Å². The quantitative estimate of drug-likeness (QED) is 0.738. The Hall–Kier alpha value is -1.57. The van der Waals surface area contributed by atoms with Crippen LogP contribution in [0.2, 0.25) is 0 Å². The van der Waals surface area contributed by atoms with E-state index in [9.17, 15) is 0 Å². The predicted molar refractivity (Wildman–Crippen MR) is 52.2 cm³/mol. The van der Waals surface area contributed by atoms with Crippen molar-refractivity contribution in [3.05, 3.63) is 42.2 Å². The average Bonchev–Trinajstić information content (AvgIpc) is 2.67. The van der Waals surface area contributed by atoms with Gasteiger partial charge < -0.3 is 4.98 Å². The van der Waals surface area contributed by atoms with E-state index in [1.54, 1.807) is 0 Å². The van der Waals surface area contributed by atoms with Crippen LogP contribution >= 0.6 is 0 Å². The summed E-state index contributed by atoms with van der Waals surface area (Å²) in [5, 5.41) is 0. The van der Waals surface area contributed by atoms with Crippen molar-refractivity contribution in [1.29, 1.82) is 0 Å². The molecule has 0 atom stereocenters. The average molecular weight is 171 g/mol. The summed E-state index contributed by atoms with van der Waals surface area (Å²) in [6, 6.07) is 10.8. The second kappa shape index (κ2) is 3.44. The highest BCUT2D eigenvalue weighted by Gasteiger charge is 2.00. The number of aryl methyl sites for hydroxylation is 1. The van der Waals surface area contributed by atoms with Crippen molar-refractivity contribution in [2.24, 2.45) is 0 Å². The number of hydrogen-bond donors (Lipinski definition) is 1. The van der Waals surface area contributed by atoms with Gasteiger partial charge in [-0.25, -0.2) is 4.98 Å². The summed E-state index contributed by atoms with van der Waals surface area (Å²) in [7, 11) is 0. The number of hydrogen-bond acceptors (Lipinski definition) is 1. The van der Waals surface area contributed by atoms with Crippen LogP contribution in [-0.4, -0.2) is 9.97 Å². The lowest BCUT2D eigenvalue weighted by Crippen LogP contribution is -1.81. The van der Waals surface area contributed by atoms with Gasteiger partial charge in [-0.15, -0.1) is 0 Å². The third-order valence-electron chi connectivity index (χ3n) is 1.98. The number of aromatic amines is 1. The lowest BCUT2D eigenvalue weighted by Gasteiger charge is -1.93. The molecule has 13 heavy (non-hydrogen) atoms. The molecule has 1 aromatic heterocycles. The minimum absolute atomic E-state index is 0.936. The molecule has 0 bridgehead atoms. The lowest BCUT2D eigenvalue weighted by molar-refractivity contribution is 1.07. The van der Waals surface area contributed by atoms with Gasteiger partial charge in [0.15, 0.2) is 0 Å². The van der Waals surface area contributed by atoms with Crippen molar-refractivity contribution < 1.29 is 0 Å². The number of rotatable bonds is 2. The summed E-state index contributed by atoms with van der Waals surface area (Å²) in [5.74, 6) is 0.936. The molecule has 0 saturated carbocycles. The highest BCUT2D eigenvalue weighted by Crippen LogP contribution is 2.14. The number of aromatic nitrogens is 2. The summed E-state index contributed by atoms with van der Waals surface area (Å²) in [5.41, 5.74) is 2.21. The zero-order valence-corrected chi connectivity index (χ0v) is 7.54. The molecule has 65 valence electrons. The molecular formula is C11H11N2. The van der Waals surface area contributed by atoms with Crippen LogP contribution in [0.1, 0.15) is 12.6 Å². The van der Waals surface area contributed by atoms with Gasteiger partial charge in [-0.2, -0.15) is 0 Å². The summed E-state index contributed by atoms with van der Waals surface area (Å²) in [6.07, 6.45) is 2.92. The molecule has 0 spiro atoms. The van der Waals surface area contributed by atoms with Crippen molar-refractivity contribution in [2.75, 3.05) is 0 Å². The molecule has 0 aliphatic rings. The summed E-state index contributed by atoms with van der Waals surface area (Å²) in [4.78, 5) is 7.58. The Morgan fingerprint density at radius 3 is 2.77 bits per heavy atom. The highest BCUT2D eigenvalue weighted by atomic mass is 14.9. The minimum Gasteiger partial charge on any atom is -0.344 e. The first-order valence-corrected chi connectivity index (χ1v) is 4.41. The monoisotopic (exact) mass is 171 g/mol. The first kappa shape index (κ1) is 8.05. The predicted octanol–water partition coefficient (Wildman–Crippen LogP) is 2.44. The number of H-pyrrole nitrogens is 1. The van der Waals surface area contributed by atoms with Crippen LogP contribution < -0.4 is 0 Å². The Labute approximate surface area is 77.6 Å². The van der Waals surface area contributed by atoms with Gasteiger partial charge in [0, 0.05) is 11.8 Å². The fourth-order valence-electron chi connectivity index (χ4n) is 1.23. The van der Waals surface area contributed by atoms with Crippen LogP contribution in [-0.2, 0) is 6.42 Å². The van der Waals surface area contributed by atoms with Gasteiger partial charge in [0.05, 0.1) is 5.69 Å². The van der Waals surface area contributed by atoms with Crippen LogP contribution in [0.5, 0.6) is 0 Å². The van der Waals surface area contributed by atoms with E-state index in [-0.39, 0.29) is 0 Å². The molecule has 0 aliphatic carbocycles. The van der Waals surface area contributed by atoms with E-state index in [1.165, 1.54) is 0 Å². The Kier molecular flexibility index (Phi) is 2.13. The largest absolute Gasteiger partial charge is 0.344 e. The van der Waals surface area contributed by atoms with Gasteiger partial charge in [0.2, 0.25) is 0 Å². The second-order valence-electron chi connectivity index (χ2n) is 2.88. The van der Waals surface area contributed by atoms with Crippen LogP contribution in [0, 0.1) is 6.07 Å². The van der Waals surface area contributed by atoms with Crippen LogP contribution in [0.25, 0.3) is 11.4 Å². The topological polar surface area (TPSA) is 28.7 Å². The number of nitrogens with zero attached hydrogens (tertiary/aromatic N) is 1. The zero-order valence-electron chi connectivity index (χ0n) is 7.54. The molecular weight excluding hydrogens is 160 g/mol. The molecule has 0 saturated heterocycles. The molecule has 1 heterocycles. The Bertz CT molecular complexity index is 376. The van der Waals surface area contributed by atoms with Crippen molar-refractivity contribution in [3.63, 3.8) is 0 Å². The van der Waals surface area contributed by atoms with E-state index in [4.69, 9.17) is 0 Å². The first-order chi connectivity index (χ1) is 6.40. The van der Waals surface area contributed by atoms with Gasteiger partial charge in [-0.3, -0.25) is 0 Å². The maximum absolute atomic E-state index is 4.43.